The van der Waals surface area contributed by atoms with Crippen LogP contribution in [-0.4, -0.2) is 17.4 Å². The summed E-state index contributed by atoms with van der Waals surface area (Å²) in [6, 6.07) is 11.8. The molecule has 7 heteroatoms. The second-order valence-corrected chi connectivity index (χ2v) is 4.46. The number of nitro groups is 1. The molecule has 1 amide bonds. The van der Waals surface area contributed by atoms with Crippen LogP contribution < -0.4 is 11.1 Å². The fourth-order valence-corrected chi connectivity index (χ4v) is 1.84. The van der Waals surface area contributed by atoms with Crippen LogP contribution in [0.2, 0.25) is 0 Å². The average molecular weight is 289 g/mol. The van der Waals surface area contributed by atoms with Gasteiger partial charge in [-0.3, -0.25) is 14.9 Å². The molecule has 0 radical (unpaired) electrons. The van der Waals surface area contributed by atoms with Crippen LogP contribution in [0.3, 0.4) is 0 Å². The Labute approximate surface area is 120 Å². The Morgan fingerprint density at radius 3 is 2.62 bits per heavy atom. The van der Waals surface area contributed by atoms with E-state index < -0.39 is 16.7 Å². The highest BCUT2D eigenvalue weighted by Crippen LogP contribution is 2.16. The summed E-state index contributed by atoms with van der Waals surface area (Å²) < 4.78 is 4.81. The van der Waals surface area contributed by atoms with Gasteiger partial charge >= 0.3 is 5.88 Å². The number of furan rings is 1. The minimum Gasteiger partial charge on any atom is -0.395 e. The molecule has 2 rings (SSSR count). The van der Waals surface area contributed by atoms with E-state index in [0.29, 0.717) is 13.0 Å². The molecule has 21 heavy (non-hydrogen) atoms. The van der Waals surface area contributed by atoms with Gasteiger partial charge in [0, 0.05) is 12.6 Å². The smallest absolute Gasteiger partial charge is 0.395 e. The maximum absolute atomic E-state index is 11.7. The Hall–Kier alpha value is -2.67. The van der Waals surface area contributed by atoms with Crippen molar-refractivity contribution in [2.45, 2.75) is 12.5 Å². The zero-order valence-corrected chi connectivity index (χ0v) is 11.2. The van der Waals surface area contributed by atoms with Crippen molar-refractivity contribution in [2.24, 2.45) is 5.73 Å². The van der Waals surface area contributed by atoms with Gasteiger partial charge in [-0.25, -0.2) is 0 Å². The summed E-state index contributed by atoms with van der Waals surface area (Å²) in [5.74, 6) is -1.04. The molecule has 0 bridgehead atoms. The number of amides is 1. The molecule has 7 nitrogen and oxygen atoms in total. The third-order valence-corrected chi connectivity index (χ3v) is 2.96. The first-order valence-electron chi connectivity index (χ1n) is 6.41. The van der Waals surface area contributed by atoms with Gasteiger partial charge in [0.15, 0.2) is 5.76 Å². The summed E-state index contributed by atoms with van der Waals surface area (Å²) in [5.41, 5.74) is 6.99. The van der Waals surface area contributed by atoms with E-state index in [0.717, 1.165) is 11.6 Å². The highest BCUT2D eigenvalue weighted by Gasteiger charge is 2.17. The molecule has 110 valence electrons. The number of hydrogen-bond acceptors (Lipinski definition) is 5. The summed E-state index contributed by atoms with van der Waals surface area (Å²) in [6.45, 7) is 0.351. The predicted molar refractivity (Wildman–Crippen MR) is 75.7 cm³/mol. The largest absolute Gasteiger partial charge is 0.433 e. The van der Waals surface area contributed by atoms with Gasteiger partial charge in [-0.1, -0.05) is 30.3 Å². The first-order chi connectivity index (χ1) is 10.1. The van der Waals surface area contributed by atoms with E-state index >= 15 is 0 Å². The zero-order valence-electron chi connectivity index (χ0n) is 11.2. The van der Waals surface area contributed by atoms with E-state index in [9.17, 15) is 14.9 Å². The van der Waals surface area contributed by atoms with Crippen molar-refractivity contribution in [1.29, 1.82) is 0 Å². The lowest BCUT2D eigenvalue weighted by Gasteiger charge is -2.11. The zero-order chi connectivity index (χ0) is 15.2. The van der Waals surface area contributed by atoms with Crippen molar-refractivity contribution in [3.63, 3.8) is 0 Å². The van der Waals surface area contributed by atoms with Crippen LogP contribution in [0.25, 0.3) is 0 Å². The normalized spacial score (nSPS) is 11.9. The van der Waals surface area contributed by atoms with Crippen LogP contribution in [-0.2, 0) is 0 Å². The Balaban J connectivity index is 1.82. The van der Waals surface area contributed by atoms with Crippen LogP contribution in [0.5, 0.6) is 0 Å². The highest BCUT2D eigenvalue weighted by atomic mass is 16.6. The average Bonchev–Trinajstić information content (AvgIpc) is 2.98. The number of carbonyl (C=O) groups excluding carboxylic acids is 1. The molecule has 0 spiro atoms. The predicted octanol–water partition coefficient (Wildman–Crippen LogP) is 2.01. The third-order valence-electron chi connectivity index (χ3n) is 2.96. The first-order valence-corrected chi connectivity index (χ1v) is 6.41. The standard InChI is InChI=1S/C14H15N3O4/c15-11(10-4-2-1-3-5-10)8-9-16-14(18)12-6-7-13(21-12)17(19)20/h1-7,11H,8-9,15H2,(H,16,18). The SMILES string of the molecule is NC(CCNC(=O)c1ccc([N+](=O)[O-])o1)c1ccccc1. The molecule has 0 fully saturated rings. The topological polar surface area (TPSA) is 111 Å². The summed E-state index contributed by atoms with van der Waals surface area (Å²) in [7, 11) is 0. The Kier molecular flexibility index (Phi) is 4.68. The monoisotopic (exact) mass is 289 g/mol. The van der Waals surface area contributed by atoms with E-state index in [1.807, 2.05) is 30.3 Å². The molecule has 3 N–H and O–H groups in total. The van der Waals surface area contributed by atoms with Gasteiger partial charge < -0.3 is 15.5 Å². The fraction of sp³-hybridized carbons (Fsp3) is 0.214. The van der Waals surface area contributed by atoms with Gasteiger partial charge in [0.05, 0.1) is 6.07 Å². The quantitative estimate of drug-likeness (QED) is 0.624. The Morgan fingerprint density at radius 2 is 2.00 bits per heavy atom. The summed E-state index contributed by atoms with van der Waals surface area (Å²) in [5, 5.41) is 13.1. The lowest BCUT2D eigenvalue weighted by atomic mass is 10.1. The van der Waals surface area contributed by atoms with Crippen LogP contribution in [0, 0.1) is 10.1 Å². The third kappa shape index (κ3) is 3.90. The summed E-state index contributed by atoms with van der Waals surface area (Å²) in [4.78, 5) is 21.5. The molecule has 1 heterocycles. The first kappa shape index (κ1) is 14.7. The van der Waals surface area contributed by atoms with Gasteiger partial charge in [-0.15, -0.1) is 0 Å². The van der Waals surface area contributed by atoms with Gasteiger partial charge in [0.25, 0.3) is 5.91 Å². The number of nitrogens with zero attached hydrogens (tertiary/aromatic N) is 1. The second-order valence-electron chi connectivity index (χ2n) is 4.46. The number of nitrogens with one attached hydrogen (secondary N) is 1. The van der Waals surface area contributed by atoms with Crippen LogP contribution in [0.1, 0.15) is 28.6 Å². The van der Waals surface area contributed by atoms with E-state index in [1.165, 1.54) is 6.07 Å². The van der Waals surface area contributed by atoms with Crippen LogP contribution >= 0.6 is 0 Å². The minimum absolute atomic E-state index is 0.0880. The molecule has 2 aromatic rings. The molecule has 0 saturated heterocycles. The summed E-state index contributed by atoms with van der Waals surface area (Å²) in [6.07, 6.45) is 0.554. The van der Waals surface area contributed by atoms with Gasteiger partial charge in [0.2, 0.25) is 0 Å². The summed E-state index contributed by atoms with van der Waals surface area (Å²) >= 11 is 0. The van der Waals surface area contributed by atoms with Gasteiger partial charge in [0.1, 0.15) is 4.92 Å². The Morgan fingerprint density at radius 1 is 1.29 bits per heavy atom. The molecular weight excluding hydrogens is 274 g/mol. The number of rotatable bonds is 6. The number of benzene rings is 1. The van der Waals surface area contributed by atoms with Crippen molar-refractivity contribution in [1.82, 2.24) is 5.32 Å². The molecule has 1 aromatic heterocycles. The van der Waals surface area contributed by atoms with E-state index in [-0.39, 0.29) is 11.8 Å². The van der Waals surface area contributed by atoms with Crippen molar-refractivity contribution in [3.05, 3.63) is 63.9 Å². The molecular formula is C14H15N3O4. The lowest BCUT2D eigenvalue weighted by molar-refractivity contribution is -0.402. The molecule has 0 saturated carbocycles. The van der Waals surface area contributed by atoms with Crippen molar-refractivity contribution in [3.8, 4) is 0 Å². The van der Waals surface area contributed by atoms with Crippen LogP contribution in [0.15, 0.2) is 46.9 Å². The molecule has 0 aliphatic carbocycles. The van der Waals surface area contributed by atoms with Crippen molar-refractivity contribution in [2.75, 3.05) is 6.54 Å². The van der Waals surface area contributed by atoms with Gasteiger partial charge in [-0.2, -0.15) is 0 Å². The number of nitrogens with two attached hydrogens (primary N) is 1. The van der Waals surface area contributed by atoms with E-state index in [1.54, 1.807) is 0 Å². The Bertz CT molecular complexity index is 624. The maximum Gasteiger partial charge on any atom is 0.433 e. The molecule has 1 unspecified atom stereocenters. The number of hydrogen-bond donors (Lipinski definition) is 2. The van der Waals surface area contributed by atoms with E-state index in [4.69, 9.17) is 10.2 Å². The number of carbonyl (C=O) groups is 1. The highest BCUT2D eigenvalue weighted by molar-refractivity contribution is 5.91. The van der Waals surface area contributed by atoms with Crippen LogP contribution in [0.4, 0.5) is 5.88 Å². The fourth-order valence-electron chi connectivity index (χ4n) is 1.84. The van der Waals surface area contributed by atoms with E-state index in [2.05, 4.69) is 5.32 Å². The molecule has 0 aliphatic heterocycles. The maximum atomic E-state index is 11.7. The lowest BCUT2D eigenvalue weighted by Crippen LogP contribution is -2.26. The molecule has 1 aromatic carbocycles. The van der Waals surface area contributed by atoms with Gasteiger partial charge in [-0.05, 0) is 18.1 Å². The molecule has 0 aliphatic rings. The second kappa shape index (κ2) is 6.67. The van der Waals surface area contributed by atoms with Crippen molar-refractivity contribution < 1.29 is 14.1 Å². The minimum atomic E-state index is -0.692. The molecule has 1 atom stereocenters. The van der Waals surface area contributed by atoms with Crippen molar-refractivity contribution >= 4 is 11.8 Å².